The Morgan fingerprint density at radius 3 is 2.12 bits per heavy atom. The van der Waals surface area contributed by atoms with E-state index in [2.05, 4.69) is 15.9 Å². The van der Waals surface area contributed by atoms with Crippen molar-refractivity contribution in [1.29, 1.82) is 0 Å². The summed E-state index contributed by atoms with van der Waals surface area (Å²) in [7, 11) is -3.38. The highest BCUT2D eigenvalue weighted by atomic mass is 79.9. The molecule has 26 heavy (non-hydrogen) atoms. The quantitative estimate of drug-likeness (QED) is 0.373. The molecule has 0 aliphatic heterocycles. The highest BCUT2D eigenvalue weighted by Crippen LogP contribution is 2.20. The molecule has 138 valence electrons. The molecule has 6 nitrogen and oxygen atoms in total. The maximum Gasteiger partial charge on any atom is 0.355 e. The average Bonchev–Trinajstić information content (AvgIpc) is 2.60. The lowest BCUT2D eigenvalue weighted by molar-refractivity contribution is -0.149. The standard InChI is InChI=1S/C18H17BrO6S/c1-3-24-18(21)17(25-14-8-6-13(19)7-9-14)16(20)12-4-10-15(11-5-12)26(2,22)23/h4-11,17H,3H2,1-2H3. The highest BCUT2D eigenvalue weighted by Gasteiger charge is 2.31. The molecule has 0 fully saturated rings. The number of benzene rings is 2. The van der Waals surface area contributed by atoms with Gasteiger partial charge in [-0.05, 0) is 55.5 Å². The summed E-state index contributed by atoms with van der Waals surface area (Å²) < 4.78 is 34.3. The molecule has 0 N–H and O–H groups in total. The van der Waals surface area contributed by atoms with Crippen molar-refractivity contribution in [3.63, 3.8) is 0 Å². The van der Waals surface area contributed by atoms with Crippen LogP contribution in [0.2, 0.25) is 0 Å². The van der Waals surface area contributed by atoms with Crippen molar-refractivity contribution in [3.05, 3.63) is 58.6 Å². The zero-order valence-electron chi connectivity index (χ0n) is 14.1. The average molecular weight is 441 g/mol. The lowest BCUT2D eigenvalue weighted by Crippen LogP contribution is -2.37. The van der Waals surface area contributed by atoms with Crippen molar-refractivity contribution < 1.29 is 27.5 Å². The van der Waals surface area contributed by atoms with Gasteiger partial charge in [0.05, 0.1) is 11.5 Å². The van der Waals surface area contributed by atoms with Gasteiger partial charge in [0.2, 0.25) is 5.78 Å². The number of sulfone groups is 1. The molecule has 1 unspecified atom stereocenters. The van der Waals surface area contributed by atoms with Crippen molar-refractivity contribution >= 4 is 37.5 Å². The number of hydrogen-bond acceptors (Lipinski definition) is 6. The SMILES string of the molecule is CCOC(=O)C(Oc1ccc(Br)cc1)C(=O)c1ccc(S(C)(=O)=O)cc1. The largest absolute Gasteiger partial charge is 0.470 e. The zero-order chi connectivity index (χ0) is 19.3. The fourth-order valence-corrected chi connectivity index (χ4v) is 2.99. The second-order valence-electron chi connectivity index (χ2n) is 5.36. The summed E-state index contributed by atoms with van der Waals surface area (Å²) in [6.45, 7) is 1.72. The number of hydrogen-bond donors (Lipinski definition) is 0. The summed E-state index contributed by atoms with van der Waals surface area (Å²) in [4.78, 5) is 25.0. The number of carbonyl (C=O) groups is 2. The van der Waals surface area contributed by atoms with Crippen LogP contribution in [0.1, 0.15) is 17.3 Å². The summed E-state index contributed by atoms with van der Waals surface area (Å²) in [5.74, 6) is -1.11. The zero-order valence-corrected chi connectivity index (χ0v) is 16.5. The predicted molar refractivity (Wildman–Crippen MR) is 99.1 cm³/mol. The third kappa shape index (κ3) is 5.15. The Hall–Kier alpha value is -2.19. The molecule has 2 aromatic carbocycles. The van der Waals surface area contributed by atoms with Crippen molar-refractivity contribution in [2.75, 3.05) is 12.9 Å². The van der Waals surface area contributed by atoms with E-state index in [1.54, 1.807) is 31.2 Å². The van der Waals surface area contributed by atoms with E-state index in [0.29, 0.717) is 5.75 Å². The lowest BCUT2D eigenvalue weighted by atomic mass is 10.1. The maximum atomic E-state index is 12.7. The van der Waals surface area contributed by atoms with Crippen molar-refractivity contribution in [1.82, 2.24) is 0 Å². The smallest absolute Gasteiger partial charge is 0.355 e. The summed E-state index contributed by atoms with van der Waals surface area (Å²) in [5.41, 5.74) is 0.146. The molecular formula is C18H17BrO6S. The van der Waals surface area contributed by atoms with Gasteiger partial charge in [0, 0.05) is 16.3 Å². The Bertz CT molecular complexity index is 888. The van der Waals surface area contributed by atoms with Gasteiger partial charge in [0.1, 0.15) is 5.75 Å². The molecule has 2 aromatic rings. The summed E-state index contributed by atoms with van der Waals surface area (Å²) in [6.07, 6.45) is -0.415. The predicted octanol–water partition coefficient (Wildman–Crippen LogP) is 3.05. The van der Waals surface area contributed by atoms with Crippen LogP contribution in [0.5, 0.6) is 5.75 Å². The van der Waals surface area contributed by atoms with Gasteiger partial charge < -0.3 is 9.47 Å². The first-order valence-corrected chi connectivity index (χ1v) is 10.3. The molecule has 0 saturated carbocycles. The normalized spacial score (nSPS) is 12.3. The van der Waals surface area contributed by atoms with Gasteiger partial charge >= 0.3 is 5.97 Å². The monoisotopic (exact) mass is 440 g/mol. The molecular weight excluding hydrogens is 424 g/mol. The number of Topliss-reactive ketones (excluding diaryl/α,β-unsaturated/α-hetero) is 1. The molecule has 0 bridgehead atoms. The number of halogens is 1. The summed E-state index contributed by atoms with van der Waals surface area (Å²) in [5, 5.41) is 0. The molecule has 0 aliphatic carbocycles. The molecule has 0 amide bonds. The van der Waals surface area contributed by atoms with E-state index >= 15 is 0 Å². The van der Waals surface area contributed by atoms with E-state index in [-0.39, 0.29) is 17.1 Å². The van der Waals surface area contributed by atoms with Crippen molar-refractivity contribution in [2.45, 2.75) is 17.9 Å². The Morgan fingerprint density at radius 2 is 1.62 bits per heavy atom. The fourth-order valence-electron chi connectivity index (χ4n) is 2.09. The van der Waals surface area contributed by atoms with E-state index < -0.39 is 27.7 Å². The lowest BCUT2D eigenvalue weighted by Gasteiger charge is -2.17. The van der Waals surface area contributed by atoms with Gasteiger partial charge in [-0.1, -0.05) is 15.9 Å². The molecule has 0 aliphatic rings. The molecule has 0 radical (unpaired) electrons. The van der Waals surface area contributed by atoms with Crippen LogP contribution in [0.15, 0.2) is 57.9 Å². The molecule has 1 atom stereocenters. The van der Waals surface area contributed by atoms with Gasteiger partial charge in [-0.25, -0.2) is 13.2 Å². The van der Waals surface area contributed by atoms with E-state index in [4.69, 9.17) is 9.47 Å². The number of ketones is 1. The molecule has 2 rings (SSSR count). The highest BCUT2D eigenvalue weighted by molar-refractivity contribution is 9.10. The Kier molecular flexibility index (Phi) is 6.55. The van der Waals surface area contributed by atoms with Gasteiger partial charge in [0.25, 0.3) is 6.10 Å². The number of rotatable bonds is 7. The minimum atomic E-state index is -3.38. The Morgan fingerprint density at radius 1 is 1.04 bits per heavy atom. The number of ether oxygens (including phenoxy) is 2. The van der Waals surface area contributed by atoms with E-state index in [1.807, 2.05) is 0 Å². The van der Waals surface area contributed by atoms with E-state index in [0.717, 1.165) is 10.7 Å². The number of esters is 1. The number of carbonyl (C=O) groups excluding carboxylic acids is 2. The van der Waals surface area contributed by atoms with Crippen LogP contribution in [0.3, 0.4) is 0 Å². The first kappa shape index (κ1) is 20.1. The minimum absolute atomic E-state index is 0.0792. The first-order chi connectivity index (χ1) is 12.2. The van der Waals surface area contributed by atoms with Crippen LogP contribution in [0, 0.1) is 0 Å². The van der Waals surface area contributed by atoms with Crippen LogP contribution in [0.4, 0.5) is 0 Å². The van der Waals surface area contributed by atoms with Gasteiger partial charge in [-0.2, -0.15) is 0 Å². The van der Waals surface area contributed by atoms with Crippen LogP contribution in [0.25, 0.3) is 0 Å². The second kappa shape index (κ2) is 8.46. The maximum absolute atomic E-state index is 12.7. The van der Waals surface area contributed by atoms with Crippen LogP contribution >= 0.6 is 15.9 Å². The van der Waals surface area contributed by atoms with Gasteiger partial charge in [-0.3, -0.25) is 4.79 Å². The third-order valence-electron chi connectivity index (χ3n) is 3.37. The van der Waals surface area contributed by atoms with Crippen LogP contribution in [-0.4, -0.2) is 39.1 Å². The Balaban J connectivity index is 2.30. The second-order valence-corrected chi connectivity index (χ2v) is 8.30. The topological polar surface area (TPSA) is 86.7 Å². The molecule has 0 spiro atoms. The summed E-state index contributed by atoms with van der Waals surface area (Å²) >= 11 is 3.29. The van der Waals surface area contributed by atoms with Crippen LogP contribution < -0.4 is 4.74 Å². The third-order valence-corrected chi connectivity index (χ3v) is 5.03. The van der Waals surface area contributed by atoms with E-state index in [9.17, 15) is 18.0 Å². The first-order valence-electron chi connectivity index (χ1n) is 7.65. The van der Waals surface area contributed by atoms with E-state index in [1.165, 1.54) is 24.3 Å². The summed E-state index contributed by atoms with van der Waals surface area (Å²) in [6, 6.07) is 11.9. The van der Waals surface area contributed by atoms with Crippen molar-refractivity contribution in [3.8, 4) is 5.75 Å². The van der Waals surface area contributed by atoms with Gasteiger partial charge in [0.15, 0.2) is 9.84 Å². The minimum Gasteiger partial charge on any atom is -0.470 e. The van der Waals surface area contributed by atoms with Gasteiger partial charge in [-0.15, -0.1) is 0 Å². The fraction of sp³-hybridized carbons (Fsp3) is 0.222. The molecule has 0 heterocycles. The molecule has 8 heteroatoms. The Labute approximate surface area is 160 Å². The van der Waals surface area contributed by atoms with Crippen LogP contribution in [-0.2, 0) is 19.4 Å². The molecule has 0 aromatic heterocycles. The molecule has 0 saturated heterocycles. The van der Waals surface area contributed by atoms with Crippen molar-refractivity contribution in [2.24, 2.45) is 0 Å².